The molecule has 3 heteroatoms. The molecular weight excluding hydrogens is 210 g/mol. The fourth-order valence-electron chi connectivity index (χ4n) is 2.10. The topological polar surface area (TPSA) is 42.1 Å². The van der Waals surface area contributed by atoms with Gasteiger partial charge >= 0.3 is 0 Å². The van der Waals surface area contributed by atoms with E-state index in [1.807, 2.05) is 12.4 Å². The molecule has 1 aromatic rings. The largest absolute Gasteiger partial charge is 0.329 e. The molecule has 0 bridgehead atoms. The van der Waals surface area contributed by atoms with E-state index in [2.05, 4.69) is 42.9 Å². The molecule has 96 valence electrons. The van der Waals surface area contributed by atoms with Gasteiger partial charge < -0.3 is 5.73 Å². The van der Waals surface area contributed by atoms with E-state index in [0.29, 0.717) is 6.54 Å². The standard InChI is InChI=1S/C14H25N3/c1-4-8-14(2,12-15)17(3)11-7-13-5-9-16-10-6-13/h5-6,9-10H,4,7-8,11-12,15H2,1-3H3. The van der Waals surface area contributed by atoms with Gasteiger partial charge in [0.1, 0.15) is 0 Å². The molecule has 3 nitrogen and oxygen atoms in total. The number of nitrogens with two attached hydrogens (primary N) is 1. The highest BCUT2D eigenvalue weighted by molar-refractivity contribution is 5.10. The van der Waals surface area contributed by atoms with Crippen LogP contribution in [-0.4, -0.2) is 35.6 Å². The SMILES string of the molecule is CCCC(C)(CN)N(C)CCc1ccncc1. The highest BCUT2D eigenvalue weighted by atomic mass is 15.2. The molecular formula is C14H25N3. The van der Waals surface area contributed by atoms with Crippen LogP contribution in [0.5, 0.6) is 0 Å². The van der Waals surface area contributed by atoms with Gasteiger partial charge in [0.05, 0.1) is 0 Å². The quantitative estimate of drug-likeness (QED) is 0.786. The molecule has 0 spiro atoms. The molecule has 0 aromatic carbocycles. The minimum Gasteiger partial charge on any atom is -0.329 e. The summed E-state index contributed by atoms with van der Waals surface area (Å²) < 4.78 is 0. The van der Waals surface area contributed by atoms with Gasteiger partial charge in [-0.1, -0.05) is 13.3 Å². The zero-order valence-corrected chi connectivity index (χ0v) is 11.3. The van der Waals surface area contributed by atoms with Crippen LogP contribution < -0.4 is 5.73 Å². The van der Waals surface area contributed by atoms with Gasteiger partial charge in [-0.15, -0.1) is 0 Å². The molecule has 0 radical (unpaired) electrons. The maximum absolute atomic E-state index is 5.91. The fourth-order valence-corrected chi connectivity index (χ4v) is 2.10. The molecule has 1 heterocycles. The number of hydrogen-bond acceptors (Lipinski definition) is 3. The van der Waals surface area contributed by atoms with Gasteiger partial charge in [-0.05, 0) is 44.5 Å². The smallest absolute Gasteiger partial charge is 0.0300 e. The van der Waals surface area contributed by atoms with Crippen LogP contribution >= 0.6 is 0 Å². The Balaban J connectivity index is 2.50. The van der Waals surface area contributed by atoms with Crippen LogP contribution in [-0.2, 0) is 6.42 Å². The summed E-state index contributed by atoms with van der Waals surface area (Å²) in [6.07, 6.45) is 7.08. The summed E-state index contributed by atoms with van der Waals surface area (Å²) in [5, 5.41) is 0. The van der Waals surface area contributed by atoms with Crippen molar-refractivity contribution in [3.63, 3.8) is 0 Å². The lowest BCUT2D eigenvalue weighted by molar-refractivity contribution is 0.134. The predicted molar refractivity (Wildman–Crippen MR) is 72.9 cm³/mol. The van der Waals surface area contributed by atoms with Crippen LogP contribution in [0.2, 0.25) is 0 Å². The molecule has 0 aliphatic heterocycles. The lowest BCUT2D eigenvalue weighted by atomic mass is 9.94. The Bertz CT molecular complexity index is 313. The van der Waals surface area contributed by atoms with Crippen molar-refractivity contribution in [1.82, 2.24) is 9.88 Å². The third-order valence-electron chi connectivity index (χ3n) is 3.64. The fraction of sp³-hybridized carbons (Fsp3) is 0.643. The highest BCUT2D eigenvalue weighted by Gasteiger charge is 2.25. The third-order valence-corrected chi connectivity index (χ3v) is 3.64. The van der Waals surface area contributed by atoms with Crippen molar-refractivity contribution in [1.29, 1.82) is 0 Å². The molecule has 17 heavy (non-hydrogen) atoms. The van der Waals surface area contributed by atoms with Gasteiger partial charge in [0.25, 0.3) is 0 Å². The average Bonchev–Trinajstić information content (AvgIpc) is 2.37. The maximum atomic E-state index is 5.91. The first-order chi connectivity index (χ1) is 8.12. The number of aromatic nitrogens is 1. The molecule has 0 aliphatic rings. The van der Waals surface area contributed by atoms with E-state index < -0.39 is 0 Å². The average molecular weight is 235 g/mol. The maximum Gasteiger partial charge on any atom is 0.0300 e. The van der Waals surface area contributed by atoms with E-state index in [0.717, 1.165) is 19.4 Å². The monoisotopic (exact) mass is 235 g/mol. The Morgan fingerprint density at radius 2 is 2.00 bits per heavy atom. The number of hydrogen-bond donors (Lipinski definition) is 1. The first kappa shape index (κ1) is 14.1. The van der Waals surface area contributed by atoms with Crippen molar-refractivity contribution in [2.24, 2.45) is 5.73 Å². The normalized spacial score (nSPS) is 14.9. The van der Waals surface area contributed by atoms with Gasteiger partial charge in [-0.25, -0.2) is 0 Å². The summed E-state index contributed by atoms with van der Waals surface area (Å²) in [5.74, 6) is 0. The number of rotatable bonds is 7. The summed E-state index contributed by atoms with van der Waals surface area (Å²) in [5.41, 5.74) is 7.37. The first-order valence-corrected chi connectivity index (χ1v) is 6.42. The minimum absolute atomic E-state index is 0.127. The van der Waals surface area contributed by atoms with Crippen molar-refractivity contribution in [3.8, 4) is 0 Å². The van der Waals surface area contributed by atoms with Crippen LogP contribution in [0.3, 0.4) is 0 Å². The summed E-state index contributed by atoms with van der Waals surface area (Å²) >= 11 is 0. The first-order valence-electron chi connectivity index (χ1n) is 6.42. The van der Waals surface area contributed by atoms with E-state index in [1.54, 1.807) is 0 Å². The van der Waals surface area contributed by atoms with Crippen LogP contribution in [0.4, 0.5) is 0 Å². The second-order valence-corrected chi connectivity index (χ2v) is 4.98. The van der Waals surface area contributed by atoms with Gasteiger partial charge in [0.15, 0.2) is 0 Å². The van der Waals surface area contributed by atoms with Crippen molar-refractivity contribution in [2.45, 2.75) is 38.6 Å². The van der Waals surface area contributed by atoms with Crippen LogP contribution in [0, 0.1) is 0 Å². The van der Waals surface area contributed by atoms with E-state index in [4.69, 9.17) is 5.73 Å². The minimum atomic E-state index is 0.127. The Hall–Kier alpha value is -0.930. The molecule has 1 unspecified atom stereocenters. The summed E-state index contributed by atoms with van der Waals surface area (Å²) in [6, 6.07) is 4.15. The van der Waals surface area contributed by atoms with Crippen LogP contribution in [0.1, 0.15) is 32.3 Å². The lowest BCUT2D eigenvalue weighted by Crippen LogP contribution is -2.50. The molecule has 0 saturated carbocycles. The Labute approximate surface area is 105 Å². The Morgan fingerprint density at radius 3 is 2.53 bits per heavy atom. The Morgan fingerprint density at radius 1 is 1.35 bits per heavy atom. The van der Waals surface area contributed by atoms with Crippen molar-refractivity contribution in [3.05, 3.63) is 30.1 Å². The van der Waals surface area contributed by atoms with Gasteiger partial charge in [0.2, 0.25) is 0 Å². The zero-order chi connectivity index (χ0) is 12.7. The van der Waals surface area contributed by atoms with Gasteiger partial charge in [-0.3, -0.25) is 9.88 Å². The molecule has 0 aliphatic carbocycles. The second kappa shape index (κ2) is 6.72. The van der Waals surface area contributed by atoms with Gasteiger partial charge in [0, 0.05) is 31.0 Å². The van der Waals surface area contributed by atoms with E-state index in [-0.39, 0.29) is 5.54 Å². The molecule has 2 N–H and O–H groups in total. The van der Waals surface area contributed by atoms with E-state index in [9.17, 15) is 0 Å². The number of likely N-dealkylation sites (N-methyl/N-ethyl adjacent to an activating group) is 1. The van der Waals surface area contributed by atoms with Crippen LogP contribution in [0.25, 0.3) is 0 Å². The van der Waals surface area contributed by atoms with Crippen molar-refractivity contribution in [2.75, 3.05) is 20.1 Å². The van der Waals surface area contributed by atoms with E-state index >= 15 is 0 Å². The van der Waals surface area contributed by atoms with E-state index in [1.165, 1.54) is 12.0 Å². The third kappa shape index (κ3) is 4.10. The molecule has 1 atom stereocenters. The van der Waals surface area contributed by atoms with Crippen molar-refractivity contribution >= 4 is 0 Å². The van der Waals surface area contributed by atoms with Gasteiger partial charge in [-0.2, -0.15) is 0 Å². The summed E-state index contributed by atoms with van der Waals surface area (Å²) in [6.45, 7) is 6.22. The zero-order valence-electron chi connectivity index (χ0n) is 11.3. The Kier molecular flexibility index (Phi) is 5.59. The second-order valence-electron chi connectivity index (χ2n) is 4.98. The predicted octanol–water partition coefficient (Wildman–Crippen LogP) is 2.07. The molecule has 0 amide bonds. The summed E-state index contributed by atoms with van der Waals surface area (Å²) in [7, 11) is 2.17. The van der Waals surface area contributed by atoms with Crippen molar-refractivity contribution < 1.29 is 0 Å². The highest BCUT2D eigenvalue weighted by Crippen LogP contribution is 2.18. The molecule has 1 aromatic heterocycles. The molecule has 0 fully saturated rings. The molecule has 0 saturated heterocycles. The molecule has 1 rings (SSSR count). The summed E-state index contributed by atoms with van der Waals surface area (Å²) in [4.78, 5) is 6.42. The number of pyridine rings is 1. The number of nitrogens with zero attached hydrogens (tertiary/aromatic N) is 2. The van der Waals surface area contributed by atoms with Crippen LogP contribution in [0.15, 0.2) is 24.5 Å². The lowest BCUT2D eigenvalue weighted by Gasteiger charge is -2.38.